The fourth-order valence-electron chi connectivity index (χ4n) is 1.36. The second-order valence-corrected chi connectivity index (χ2v) is 4.38. The number of aromatic nitrogens is 1. The first kappa shape index (κ1) is 12.5. The molecule has 0 radical (unpaired) electrons. The molecule has 0 unspecified atom stereocenters. The zero-order valence-corrected chi connectivity index (χ0v) is 9.88. The lowest BCUT2D eigenvalue weighted by atomic mass is 10.2. The fourth-order valence-corrected chi connectivity index (χ4v) is 1.53. The molecule has 1 fully saturated rings. The zero-order chi connectivity index (χ0) is 12.3. The first-order chi connectivity index (χ1) is 8.15. The predicted molar refractivity (Wildman–Crippen MR) is 60.6 cm³/mol. The second kappa shape index (κ2) is 5.60. The van der Waals surface area contributed by atoms with E-state index in [9.17, 15) is 8.78 Å². The minimum atomic E-state index is -2.50. The van der Waals surface area contributed by atoms with Crippen LogP contribution in [-0.2, 0) is 6.54 Å². The van der Waals surface area contributed by atoms with Crippen molar-refractivity contribution in [2.45, 2.75) is 31.9 Å². The molecular weight excluding hydrogens is 250 g/mol. The smallest absolute Gasteiger partial charge is 0.272 e. The Morgan fingerprint density at radius 2 is 2.29 bits per heavy atom. The van der Waals surface area contributed by atoms with E-state index in [4.69, 9.17) is 16.3 Å². The zero-order valence-electron chi connectivity index (χ0n) is 9.13. The molecule has 0 amide bonds. The molecule has 0 atom stereocenters. The van der Waals surface area contributed by atoms with Gasteiger partial charge in [-0.05, 0) is 18.4 Å². The molecule has 94 valence electrons. The van der Waals surface area contributed by atoms with Crippen LogP contribution in [0.15, 0.2) is 12.3 Å². The summed E-state index contributed by atoms with van der Waals surface area (Å²) in [6.07, 6.45) is 1.28. The molecule has 3 nitrogen and oxygen atoms in total. The molecular formula is C11H13ClF2N2O. The first-order valence-corrected chi connectivity index (χ1v) is 5.81. The summed E-state index contributed by atoms with van der Waals surface area (Å²) >= 11 is 5.96. The number of pyridine rings is 1. The molecule has 1 aliphatic rings. The van der Waals surface area contributed by atoms with Crippen LogP contribution in [0.5, 0.6) is 5.88 Å². The van der Waals surface area contributed by atoms with E-state index in [0.717, 1.165) is 5.56 Å². The van der Waals surface area contributed by atoms with E-state index >= 15 is 0 Å². The van der Waals surface area contributed by atoms with Crippen LogP contribution in [0.3, 0.4) is 0 Å². The molecule has 0 bridgehead atoms. The van der Waals surface area contributed by atoms with E-state index in [2.05, 4.69) is 10.3 Å². The van der Waals surface area contributed by atoms with Crippen LogP contribution in [0.4, 0.5) is 8.78 Å². The summed E-state index contributed by atoms with van der Waals surface area (Å²) in [4.78, 5) is 3.84. The van der Waals surface area contributed by atoms with Crippen molar-refractivity contribution in [3.8, 4) is 5.88 Å². The lowest BCUT2D eigenvalue weighted by Gasteiger charge is -2.09. The lowest BCUT2D eigenvalue weighted by Crippen LogP contribution is -2.16. The number of hydrogen-bond acceptors (Lipinski definition) is 3. The Balaban J connectivity index is 1.94. The summed E-state index contributed by atoms with van der Waals surface area (Å²) in [5.41, 5.74) is 0.817. The number of rotatable bonds is 6. The Bertz CT molecular complexity index is 386. The molecule has 1 N–H and O–H groups in total. The van der Waals surface area contributed by atoms with Crippen molar-refractivity contribution in [3.05, 3.63) is 22.8 Å². The molecule has 6 heteroatoms. The summed E-state index contributed by atoms with van der Waals surface area (Å²) in [5.74, 6) is 0.183. The molecule has 0 aliphatic heterocycles. The van der Waals surface area contributed by atoms with Crippen molar-refractivity contribution in [2.75, 3.05) is 6.61 Å². The van der Waals surface area contributed by atoms with Gasteiger partial charge in [0.15, 0.2) is 6.61 Å². The van der Waals surface area contributed by atoms with Crippen LogP contribution >= 0.6 is 11.6 Å². The van der Waals surface area contributed by atoms with E-state index < -0.39 is 13.0 Å². The maximum Gasteiger partial charge on any atom is 0.272 e. The van der Waals surface area contributed by atoms with Crippen molar-refractivity contribution in [1.82, 2.24) is 10.3 Å². The summed E-state index contributed by atoms with van der Waals surface area (Å²) in [6, 6.07) is 2.16. The number of alkyl halides is 2. The highest BCUT2D eigenvalue weighted by atomic mass is 35.5. The summed E-state index contributed by atoms with van der Waals surface area (Å²) in [7, 11) is 0. The molecule has 1 aromatic heterocycles. The monoisotopic (exact) mass is 262 g/mol. The quantitative estimate of drug-likeness (QED) is 0.856. The summed E-state index contributed by atoms with van der Waals surface area (Å²) in [6.45, 7) is -0.0405. The highest BCUT2D eigenvalue weighted by Gasteiger charge is 2.20. The van der Waals surface area contributed by atoms with Gasteiger partial charge in [-0.1, -0.05) is 11.6 Å². The molecule has 1 aliphatic carbocycles. The van der Waals surface area contributed by atoms with Crippen molar-refractivity contribution >= 4 is 11.6 Å². The van der Waals surface area contributed by atoms with E-state index in [1.807, 2.05) is 0 Å². The summed E-state index contributed by atoms with van der Waals surface area (Å²) < 4.78 is 28.8. The minimum Gasteiger partial charge on any atom is -0.472 e. The normalized spacial score (nSPS) is 15.3. The minimum absolute atomic E-state index is 0.183. The van der Waals surface area contributed by atoms with E-state index in [-0.39, 0.29) is 5.88 Å². The Labute approximate surface area is 103 Å². The van der Waals surface area contributed by atoms with Crippen molar-refractivity contribution < 1.29 is 13.5 Å². The molecule has 0 spiro atoms. The maximum atomic E-state index is 12.0. The van der Waals surface area contributed by atoms with Gasteiger partial charge in [-0.15, -0.1) is 0 Å². The molecule has 2 rings (SSSR count). The average Bonchev–Trinajstić information content (AvgIpc) is 3.10. The SMILES string of the molecule is FC(F)COc1cc(CNC2CC2)c(Cl)cn1. The Morgan fingerprint density at radius 3 is 2.94 bits per heavy atom. The third-order valence-corrected chi connectivity index (χ3v) is 2.77. The largest absolute Gasteiger partial charge is 0.472 e. The first-order valence-electron chi connectivity index (χ1n) is 5.44. The Morgan fingerprint density at radius 1 is 1.53 bits per heavy atom. The standard InChI is InChI=1S/C11H13ClF2N2O/c12-9-5-16-11(17-6-10(13)14)3-7(9)4-15-8-1-2-8/h3,5,8,10,15H,1-2,4,6H2. The van der Waals surface area contributed by atoms with Gasteiger partial charge in [-0.2, -0.15) is 0 Å². The number of ether oxygens (including phenoxy) is 1. The topological polar surface area (TPSA) is 34.1 Å². The summed E-state index contributed by atoms with van der Waals surface area (Å²) in [5, 5.41) is 3.81. The number of nitrogens with zero attached hydrogens (tertiary/aromatic N) is 1. The Kier molecular flexibility index (Phi) is 4.12. The van der Waals surface area contributed by atoms with Gasteiger partial charge in [0.1, 0.15) is 0 Å². The third kappa shape index (κ3) is 4.09. The van der Waals surface area contributed by atoms with Crippen LogP contribution in [0.1, 0.15) is 18.4 Å². The highest BCUT2D eigenvalue weighted by Crippen LogP contribution is 2.23. The molecule has 0 saturated heterocycles. The second-order valence-electron chi connectivity index (χ2n) is 3.97. The van der Waals surface area contributed by atoms with Crippen LogP contribution in [0.25, 0.3) is 0 Å². The molecule has 1 heterocycles. The highest BCUT2D eigenvalue weighted by molar-refractivity contribution is 6.31. The van der Waals surface area contributed by atoms with Gasteiger partial charge in [0.05, 0.1) is 5.02 Å². The van der Waals surface area contributed by atoms with Gasteiger partial charge in [0, 0.05) is 24.8 Å². The lowest BCUT2D eigenvalue weighted by molar-refractivity contribution is 0.0795. The van der Waals surface area contributed by atoms with E-state index in [1.165, 1.54) is 19.0 Å². The van der Waals surface area contributed by atoms with Crippen molar-refractivity contribution in [3.63, 3.8) is 0 Å². The molecule has 1 saturated carbocycles. The van der Waals surface area contributed by atoms with Crippen LogP contribution in [-0.4, -0.2) is 24.1 Å². The molecule has 0 aromatic carbocycles. The van der Waals surface area contributed by atoms with Crippen LogP contribution in [0.2, 0.25) is 5.02 Å². The van der Waals surface area contributed by atoms with Gasteiger partial charge in [0.25, 0.3) is 6.43 Å². The molecule has 1 aromatic rings. The maximum absolute atomic E-state index is 12.0. The van der Waals surface area contributed by atoms with Gasteiger partial charge < -0.3 is 10.1 Å². The van der Waals surface area contributed by atoms with Crippen LogP contribution < -0.4 is 10.1 Å². The van der Waals surface area contributed by atoms with Gasteiger partial charge >= 0.3 is 0 Å². The van der Waals surface area contributed by atoms with Crippen LogP contribution in [0, 0.1) is 0 Å². The van der Waals surface area contributed by atoms with E-state index in [1.54, 1.807) is 6.07 Å². The van der Waals surface area contributed by atoms with Gasteiger partial charge in [-0.25, -0.2) is 13.8 Å². The fraction of sp³-hybridized carbons (Fsp3) is 0.545. The van der Waals surface area contributed by atoms with Gasteiger partial charge in [0.2, 0.25) is 5.88 Å². The number of hydrogen-bond donors (Lipinski definition) is 1. The van der Waals surface area contributed by atoms with Crippen molar-refractivity contribution in [2.24, 2.45) is 0 Å². The number of halogens is 3. The Hall–Kier alpha value is -0.940. The number of nitrogens with one attached hydrogen (secondary N) is 1. The third-order valence-electron chi connectivity index (χ3n) is 2.43. The van der Waals surface area contributed by atoms with Crippen molar-refractivity contribution in [1.29, 1.82) is 0 Å². The molecule has 17 heavy (non-hydrogen) atoms. The predicted octanol–water partition coefficient (Wildman–Crippen LogP) is 2.63. The van der Waals surface area contributed by atoms with Gasteiger partial charge in [-0.3, -0.25) is 0 Å². The van der Waals surface area contributed by atoms with E-state index in [0.29, 0.717) is 17.6 Å². The average molecular weight is 263 g/mol.